The van der Waals surface area contributed by atoms with E-state index in [1.807, 2.05) is 49.6 Å². The third kappa shape index (κ3) is 6.06. The minimum Gasteiger partial charge on any atom is -0.494 e. The van der Waals surface area contributed by atoms with Crippen molar-refractivity contribution in [2.75, 3.05) is 45.7 Å². The molecule has 1 fully saturated rings. The largest absolute Gasteiger partial charge is 0.494 e. The zero-order valence-corrected chi connectivity index (χ0v) is 23.1. The standard InChI is InChI=1S/C31H38N6O2/c1-21(22-9-5-4-6-10-22)29(33-2)28-25(32)13-11-23-20-34-31(36-30(23)28)35-26-14-12-24(19-27(26)38-3)39-18-17-37-15-7-8-16-37/h4-6,9-10,12,14,19-21H,7-8,11,13,15-18,32H2,1-3H3,(H,34,35,36). The molecule has 3 N–H and O–H groups in total. The van der Waals surface area contributed by atoms with E-state index in [-0.39, 0.29) is 5.92 Å². The second-order valence-corrected chi connectivity index (χ2v) is 10.1. The fraction of sp³-hybridized carbons (Fsp3) is 0.387. The Morgan fingerprint density at radius 3 is 2.67 bits per heavy atom. The summed E-state index contributed by atoms with van der Waals surface area (Å²) in [5.74, 6) is 1.99. The Labute approximate surface area is 231 Å². The number of nitrogens with zero attached hydrogens (tertiary/aromatic N) is 4. The van der Waals surface area contributed by atoms with Gasteiger partial charge in [0.05, 0.1) is 24.2 Å². The molecule has 2 heterocycles. The van der Waals surface area contributed by atoms with E-state index in [0.717, 1.165) is 72.2 Å². The number of hydrogen-bond donors (Lipinski definition) is 2. The molecule has 1 aliphatic heterocycles. The molecule has 1 aliphatic carbocycles. The molecule has 0 spiro atoms. The summed E-state index contributed by atoms with van der Waals surface area (Å²) in [6, 6.07) is 16.1. The second kappa shape index (κ2) is 12.3. The number of nitrogens with one attached hydrogen (secondary N) is 1. The molecule has 3 aromatic rings. The normalized spacial score (nSPS) is 16.6. The van der Waals surface area contributed by atoms with E-state index in [0.29, 0.717) is 18.3 Å². The Kier molecular flexibility index (Phi) is 8.42. The molecule has 1 aromatic heterocycles. The van der Waals surface area contributed by atoms with Crippen LogP contribution in [0.15, 0.2) is 65.4 Å². The maximum absolute atomic E-state index is 6.61. The molecule has 8 heteroatoms. The Bertz CT molecular complexity index is 1350. The van der Waals surface area contributed by atoms with E-state index < -0.39 is 0 Å². The van der Waals surface area contributed by atoms with Crippen molar-refractivity contribution < 1.29 is 9.47 Å². The zero-order valence-electron chi connectivity index (χ0n) is 23.1. The molecule has 1 atom stereocenters. The molecule has 2 aromatic carbocycles. The van der Waals surface area contributed by atoms with Gasteiger partial charge in [0, 0.05) is 43.0 Å². The van der Waals surface area contributed by atoms with Gasteiger partial charge in [0.1, 0.15) is 18.1 Å². The van der Waals surface area contributed by atoms with Crippen molar-refractivity contribution in [1.82, 2.24) is 14.9 Å². The van der Waals surface area contributed by atoms with Crippen LogP contribution in [0.2, 0.25) is 0 Å². The van der Waals surface area contributed by atoms with Crippen LogP contribution in [0.3, 0.4) is 0 Å². The van der Waals surface area contributed by atoms with Crippen molar-refractivity contribution in [2.24, 2.45) is 10.7 Å². The van der Waals surface area contributed by atoms with Crippen molar-refractivity contribution in [3.8, 4) is 11.5 Å². The third-order valence-corrected chi connectivity index (χ3v) is 7.59. The van der Waals surface area contributed by atoms with Gasteiger partial charge in [-0.2, -0.15) is 0 Å². The quantitative estimate of drug-likeness (QED) is 0.351. The molecule has 1 unspecified atom stereocenters. The van der Waals surface area contributed by atoms with Gasteiger partial charge >= 0.3 is 0 Å². The van der Waals surface area contributed by atoms with Crippen LogP contribution in [0.25, 0.3) is 5.57 Å². The van der Waals surface area contributed by atoms with Crippen LogP contribution >= 0.6 is 0 Å². The van der Waals surface area contributed by atoms with Crippen LogP contribution < -0.4 is 20.5 Å². The SMILES string of the molecule is CN=C(C1=C(N)CCc2cnc(Nc3ccc(OCCN4CCCC4)cc3OC)nc21)C(C)c1ccccc1. The van der Waals surface area contributed by atoms with E-state index in [4.69, 9.17) is 25.2 Å². The van der Waals surface area contributed by atoms with E-state index in [1.54, 1.807) is 7.11 Å². The number of ether oxygens (including phenoxy) is 2. The first kappa shape index (κ1) is 26.7. The summed E-state index contributed by atoms with van der Waals surface area (Å²) in [5.41, 5.74) is 13.1. The van der Waals surface area contributed by atoms with Crippen LogP contribution in [0.5, 0.6) is 11.5 Å². The summed E-state index contributed by atoms with van der Waals surface area (Å²) in [7, 11) is 3.47. The van der Waals surface area contributed by atoms with Crippen molar-refractivity contribution in [3.63, 3.8) is 0 Å². The number of aromatic nitrogens is 2. The van der Waals surface area contributed by atoms with Gasteiger partial charge < -0.3 is 20.5 Å². The summed E-state index contributed by atoms with van der Waals surface area (Å²) < 4.78 is 11.7. The molecule has 1 saturated heterocycles. The first-order valence-electron chi connectivity index (χ1n) is 13.7. The van der Waals surface area contributed by atoms with E-state index in [2.05, 4.69) is 34.3 Å². The molecule has 39 heavy (non-hydrogen) atoms. The molecule has 0 radical (unpaired) electrons. The Morgan fingerprint density at radius 2 is 1.92 bits per heavy atom. The smallest absolute Gasteiger partial charge is 0.227 e. The lowest BCUT2D eigenvalue weighted by Gasteiger charge is -2.25. The number of aryl methyl sites for hydroxylation is 1. The summed E-state index contributed by atoms with van der Waals surface area (Å²) in [6.45, 7) is 6.08. The maximum Gasteiger partial charge on any atom is 0.227 e. The zero-order chi connectivity index (χ0) is 27.2. The summed E-state index contributed by atoms with van der Waals surface area (Å²) in [5, 5.41) is 3.34. The van der Waals surface area contributed by atoms with Gasteiger partial charge in [0.2, 0.25) is 5.95 Å². The van der Waals surface area contributed by atoms with Crippen LogP contribution in [0.4, 0.5) is 11.6 Å². The minimum absolute atomic E-state index is 0.0696. The topological polar surface area (TPSA) is 97.9 Å². The number of rotatable bonds is 10. The number of anilines is 2. The number of benzene rings is 2. The van der Waals surface area contributed by atoms with Crippen molar-refractivity contribution in [3.05, 3.63) is 77.2 Å². The molecule has 204 valence electrons. The lowest BCUT2D eigenvalue weighted by molar-refractivity contribution is 0.237. The Balaban J connectivity index is 1.36. The summed E-state index contributed by atoms with van der Waals surface area (Å²) in [4.78, 5) is 16.7. The van der Waals surface area contributed by atoms with Gasteiger partial charge in [-0.05, 0) is 62.0 Å². The number of aliphatic imine (C=N–C) groups is 1. The van der Waals surface area contributed by atoms with Crippen molar-refractivity contribution >= 4 is 22.9 Å². The maximum atomic E-state index is 6.61. The van der Waals surface area contributed by atoms with Crippen LogP contribution in [0.1, 0.15) is 48.9 Å². The molecule has 0 amide bonds. The highest BCUT2D eigenvalue weighted by atomic mass is 16.5. The number of fused-ring (bicyclic) bond motifs is 1. The molecular weight excluding hydrogens is 488 g/mol. The van der Waals surface area contributed by atoms with Crippen LogP contribution in [-0.2, 0) is 6.42 Å². The van der Waals surface area contributed by atoms with Crippen LogP contribution in [-0.4, -0.2) is 61.0 Å². The van der Waals surface area contributed by atoms with Gasteiger partial charge in [-0.15, -0.1) is 0 Å². The van der Waals surface area contributed by atoms with E-state index in [1.165, 1.54) is 18.4 Å². The summed E-state index contributed by atoms with van der Waals surface area (Å²) >= 11 is 0. The monoisotopic (exact) mass is 526 g/mol. The highest BCUT2D eigenvalue weighted by Gasteiger charge is 2.27. The Hall–Kier alpha value is -3.91. The molecule has 5 rings (SSSR count). The Morgan fingerprint density at radius 1 is 1.13 bits per heavy atom. The van der Waals surface area contributed by atoms with Crippen molar-refractivity contribution in [2.45, 2.75) is 38.5 Å². The molecule has 0 bridgehead atoms. The number of hydrogen-bond acceptors (Lipinski definition) is 8. The lowest BCUT2D eigenvalue weighted by Crippen LogP contribution is -2.25. The predicted molar refractivity (Wildman–Crippen MR) is 157 cm³/mol. The minimum atomic E-state index is 0.0696. The number of nitrogens with two attached hydrogens (primary N) is 1. The van der Waals surface area contributed by atoms with Crippen molar-refractivity contribution in [1.29, 1.82) is 0 Å². The van der Waals surface area contributed by atoms with Gasteiger partial charge in [-0.25, -0.2) is 9.97 Å². The van der Waals surface area contributed by atoms with Gasteiger partial charge in [-0.3, -0.25) is 9.89 Å². The van der Waals surface area contributed by atoms with E-state index >= 15 is 0 Å². The third-order valence-electron chi connectivity index (χ3n) is 7.59. The average molecular weight is 527 g/mol. The van der Waals surface area contributed by atoms with Crippen LogP contribution in [0, 0.1) is 0 Å². The summed E-state index contributed by atoms with van der Waals surface area (Å²) in [6.07, 6.45) is 6.00. The molecule has 8 nitrogen and oxygen atoms in total. The molecule has 0 saturated carbocycles. The number of methoxy groups -OCH3 is 1. The van der Waals surface area contributed by atoms with Gasteiger partial charge in [0.25, 0.3) is 0 Å². The molecular formula is C31H38N6O2. The highest BCUT2D eigenvalue weighted by molar-refractivity contribution is 6.27. The fourth-order valence-electron chi connectivity index (χ4n) is 5.40. The first-order valence-corrected chi connectivity index (χ1v) is 13.7. The average Bonchev–Trinajstić information content (AvgIpc) is 3.49. The fourth-order valence-corrected chi connectivity index (χ4v) is 5.40. The lowest BCUT2D eigenvalue weighted by atomic mass is 9.84. The highest BCUT2D eigenvalue weighted by Crippen LogP contribution is 2.35. The second-order valence-electron chi connectivity index (χ2n) is 10.1. The molecule has 2 aliphatic rings. The van der Waals surface area contributed by atoms with Gasteiger partial charge in [0.15, 0.2) is 0 Å². The van der Waals surface area contributed by atoms with Gasteiger partial charge in [-0.1, -0.05) is 37.3 Å². The predicted octanol–water partition coefficient (Wildman–Crippen LogP) is 5.19. The van der Waals surface area contributed by atoms with E-state index in [9.17, 15) is 0 Å². The number of likely N-dealkylation sites (tertiary alicyclic amines) is 1. The first-order chi connectivity index (χ1) is 19.1. The number of allylic oxidation sites excluding steroid dienone is 2.